The number of hydrogen-bond acceptors (Lipinski definition) is 4. The predicted octanol–water partition coefficient (Wildman–Crippen LogP) is 3.89. The Morgan fingerprint density at radius 2 is 1.81 bits per heavy atom. The highest BCUT2D eigenvalue weighted by molar-refractivity contribution is 5.53. The van der Waals surface area contributed by atoms with E-state index in [1.54, 1.807) is 20.3 Å². The monoisotopic (exact) mass is 287 g/mol. The summed E-state index contributed by atoms with van der Waals surface area (Å²) >= 11 is 0. The standard InChI is InChI=1S/C17H21NO3/c1-11-9-13(5-7-16(11)19)18-12(2)15-10-14(20-3)6-8-17(15)21-4/h5-10,12,18-19H,1-4H3. The number of phenolic OH excluding ortho intramolecular Hbond substituents is 1. The third-order valence-electron chi connectivity index (χ3n) is 3.48. The predicted molar refractivity (Wildman–Crippen MR) is 84.4 cm³/mol. The van der Waals surface area contributed by atoms with Crippen molar-refractivity contribution in [2.75, 3.05) is 19.5 Å². The Balaban J connectivity index is 2.26. The van der Waals surface area contributed by atoms with Gasteiger partial charge in [0.1, 0.15) is 17.2 Å². The summed E-state index contributed by atoms with van der Waals surface area (Å²) in [6.45, 7) is 3.93. The van der Waals surface area contributed by atoms with E-state index in [2.05, 4.69) is 12.2 Å². The van der Waals surface area contributed by atoms with Gasteiger partial charge in [0.15, 0.2) is 0 Å². The summed E-state index contributed by atoms with van der Waals surface area (Å²) in [4.78, 5) is 0. The Morgan fingerprint density at radius 3 is 2.43 bits per heavy atom. The fraction of sp³-hybridized carbons (Fsp3) is 0.294. The molecule has 0 aliphatic heterocycles. The molecule has 4 heteroatoms. The molecule has 0 saturated carbocycles. The molecule has 112 valence electrons. The lowest BCUT2D eigenvalue weighted by atomic mass is 10.1. The van der Waals surface area contributed by atoms with Crippen LogP contribution in [0.5, 0.6) is 17.2 Å². The summed E-state index contributed by atoms with van der Waals surface area (Å²) < 4.78 is 10.7. The molecule has 0 fully saturated rings. The van der Waals surface area contributed by atoms with Crippen molar-refractivity contribution in [1.82, 2.24) is 0 Å². The Morgan fingerprint density at radius 1 is 1.05 bits per heavy atom. The normalized spacial score (nSPS) is 11.8. The van der Waals surface area contributed by atoms with E-state index >= 15 is 0 Å². The first-order chi connectivity index (χ1) is 10.0. The summed E-state index contributed by atoms with van der Waals surface area (Å²) in [5.74, 6) is 1.90. The molecular formula is C17H21NO3. The van der Waals surface area contributed by atoms with Gasteiger partial charge in [-0.25, -0.2) is 0 Å². The smallest absolute Gasteiger partial charge is 0.124 e. The van der Waals surface area contributed by atoms with E-state index in [1.165, 1.54) is 0 Å². The highest BCUT2D eigenvalue weighted by Gasteiger charge is 2.13. The van der Waals surface area contributed by atoms with Crippen LogP contribution >= 0.6 is 0 Å². The molecule has 1 unspecified atom stereocenters. The van der Waals surface area contributed by atoms with Crippen LogP contribution in [0.3, 0.4) is 0 Å². The highest BCUT2D eigenvalue weighted by atomic mass is 16.5. The number of rotatable bonds is 5. The minimum atomic E-state index is 0.0407. The Bertz CT molecular complexity index is 625. The molecule has 0 saturated heterocycles. The van der Waals surface area contributed by atoms with Gasteiger partial charge in [0.05, 0.1) is 20.3 Å². The molecule has 2 aromatic rings. The van der Waals surface area contributed by atoms with Gasteiger partial charge in [-0.1, -0.05) is 0 Å². The molecule has 0 aliphatic rings. The number of aromatic hydroxyl groups is 1. The number of benzene rings is 2. The molecule has 1 atom stereocenters. The van der Waals surface area contributed by atoms with Crippen molar-refractivity contribution in [3.63, 3.8) is 0 Å². The number of hydrogen-bond donors (Lipinski definition) is 2. The zero-order valence-corrected chi connectivity index (χ0v) is 12.8. The van der Waals surface area contributed by atoms with Gasteiger partial charge in [0.2, 0.25) is 0 Å². The summed E-state index contributed by atoms with van der Waals surface area (Å²) in [6.07, 6.45) is 0. The van der Waals surface area contributed by atoms with E-state index in [0.717, 1.165) is 28.3 Å². The zero-order chi connectivity index (χ0) is 15.4. The maximum atomic E-state index is 9.58. The van der Waals surface area contributed by atoms with Crippen LogP contribution < -0.4 is 14.8 Å². The third kappa shape index (κ3) is 3.40. The third-order valence-corrected chi connectivity index (χ3v) is 3.48. The van der Waals surface area contributed by atoms with Crippen molar-refractivity contribution in [1.29, 1.82) is 0 Å². The SMILES string of the molecule is COc1ccc(OC)c(C(C)Nc2ccc(O)c(C)c2)c1. The van der Waals surface area contributed by atoms with Crippen LogP contribution in [0.1, 0.15) is 24.1 Å². The fourth-order valence-corrected chi connectivity index (χ4v) is 2.25. The van der Waals surface area contributed by atoms with Gasteiger partial charge >= 0.3 is 0 Å². The van der Waals surface area contributed by atoms with Gasteiger partial charge in [-0.05, 0) is 55.8 Å². The molecule has 4 nitrogen and oxygen atoms in total. The Hall–Kier alpha value is -2.36. The van der Waals surface area contributed by atoms with Crippen molar-refractivity contribution in [3.05, 3.63) is 47.5 Å². The van der Waals surface area contributed by atoms with Crippen LogP contribution in [-0.4, -0.2) is 19.3 Å². The van der Waals surface area contributed by atoms with Gasteiger partial charge in [0.25, 0.3) is 0 Å². The first kappa shape index (κ1) is 15.0. The quantitative estimate of drug-likeness (QED) is 0.819. The molecule has 0 amide bonds. The maximum Gasteiger partial charge on any atom is 0.124 e. The van der Waals surface area contributed by atoms with E-state index in [4.69, 9.17) is 9.47 Å². The van der Waals surface area contributed by atoms with Crippen LogP contribution in [0.25, 0.3) is 0 Å². The minimum Gasteiger partial charge on any atom is -0.508 e. The summed E-state index contributed by atoms with van der Waals surface area (Å²) in [7, 11) is 3.30. The summed E-state index contributed by atoms with van der Waals surface area (Å²) in [5, 5.41) is 13.0. The van der Waals surface area contributed by atoms with Crippen LogP contribution in [0.15, 0.2) is 36.4 Å². The lowest BCUT2D eigenvalue weighted by molar-refractivity contribution is 0.397. The molecule has 0 bridgehead atoms. The largest absolute Gasteiger partial charge is 0.508 e. The van der Waals surface area contributed by atoms with E-state index in [9.17, 15) is 5.11 Å². The second-order valence-electron chi connectivity index (χ2n) is 4.98. The molecule has 0 spiro atoms. The first-order valence-corrected chi connectivity index (χ1v) is 6.83. The van der Waals surface area contributed by atoms with Crippen LogP contribution in [-0.2, 0) is 0 Å². The van der Waals surface area contributed by atoms with Crippen molar-refractivity contribution < 1.29 is 14.6 Å². The number of ether oxygens (including phenoxy) is 2. The number of methoxy groups -OCH3 is 2. The van der Waals surface area contributed by atoms with Gasteiger partial charge < -0.3 is 19.9 Å². The number of aryl methyl sites for hydroxylation is 1. The van der Waals surface area contributed by atoms with Crippen molar-refractivity contribution in [2.45, 2.75) is 19.9 Å². The minimum absolute atomic E-state index is 0.0407. The van der Waals surface area contributed by atoms with E-state index in [0.29, 0.717) is 5.75 Å². The highest BCUT2D eigenvalue weighted by Crippen LogP contribution is 2.32. The Labute approximate surface area is 125 Å². The van der Waals surface area contributed by atoms with Crippen LogP contribution in [0.4, 0.5) is 5.69 Å². The van der Waals surface area contributed by atoms with Gasteiger partial charge in [-0.2, -0.15) is 0 Å². The average Bonchev–Trinajstić information content (AvgIpc) is 2.50. The molecule has 2 rings (SSSR count). The number of phenols is 1. The maximum absolute atomic E-state index is 9.58. The van der Waals surface area contributed by atoms with Crippen LogP contribution in [0, 0.1) is 6.92 Å². The van der Waals surface area contributed by atoms with Gasteiger partial charge in [-0.15, -0.1) is 0 Å². The van der Waals surface area contributed by atoms with E-state index in [-0.39, 0.29) is 6.04 Å². The average molecular weight is 287 g/mol. The molecule has 21 heavy (non-hydrogen) atoms. The Kier molecular flexibility index (Phi) is 4.58. The van der Waals surface area contributed by atoms with Crippen molar-refractivity contribution >= 4 is 5.69 Å². The topological polar surface area (TPSA) is 50.7 Å². The van der Waals surface area contributed by atoms with Crippen LogP contribution in [0.2, 0.25) is 0 Å². The van der Waals surface area contributed by atoms with E-state index in [1.807, 2.05) is 37.3 Å². The summed E-state index contributed by atoms with van der Waals surface area (Å²) in [6, 6.07) is 11.2. The van der Waals surface area contributed by atoms with Gasteiger partial charge in [-0.3, -0.25) is 0 Å². The first-order valence-electron chi connectivity index (χ1n) is 6.83. The molecule has 2 aromatic carbocycles. The number of anilines is 1. The lowest BCUT2D eigenvalue weighted by Gasteiger charge is -2.19. The second kappa shape index (κ2) is 6.39. The van der Waals surface area contributed by atoms with E-state index < -0.39 is 0 Å². The van der Waals surface area contributed by atoms with Crippen molar-refractivity contribution in [3.8, 4) is 17.2 Å². The molecule has 0 radical (unpaired) electrons. The van der Waals surface area contributed by atoms with Crippen molar-refractivity contribution in [2.24, 2.45) is 0 Å². The second-order valence-corrected chi connectivity index (χ2v) is 4.98. The zero-order valence-electron chi connectivity index (χ0n) is 12.8. The number of nitrogens with one attached hydrogen (secondary N) is 1. The molecule has 0 aliphatic carbocycles. The summed E-state index contributed by atoms with van der Waals surface area (Å²) in [5.41, 5.74) is 2.80. The molecule has 2 N–H and O–H groups in total. The molecular weight excluding hydrogens is 266 g/mol. The fourth-order valence-electron chi connectivity index (χ4n) is 2.25. The molecule has 0 heterocycles. The van der Waals surface area contributed by atoms with Gasteiger partial charge in [0, 0.05) is 11.3 Å². The molecule has 0 aromatic heterocycles. The lowest BCUT2D eigenvalue weighted by Crippen LogP contribution is -2.08.